The molecule has 2 aliphatic rings. The molecule has 1 aromatic heterocycles. The SMILES string of the molecule is CC(C)(C)C1C#CCCCCC1.CC(C)(C)C1Cc2ccccc2C#Cc2ccccc21.CC(C)(C)c1nnc(C(C)(C)C)nn1. The van der Waals surface area contributed by atoms with Gasteiger partial charge in [0.15, 0.2) is 11.6 Å². The average Bonchev–Trinajstić information content (AvgIpc) is 2.92. The van der Waals surface area contributed by atoms with Crippen molar-refractivity contribution in [1.29, 1.82) is 0 Å². The largest absolute Gasteiger partial charge is 0.178 e. The Morgan fingerprint density at radius 3 is 1.65 bits per heavy atom. The highest BCUT2D eigenvalue weighted by atomic mass is 15.3. The zero-order chi connectivity index (χ0) is 34.2. The minimum atomic E-state index is -0.0869. The van der Waals surface area contributed by atoms with Crippen molar-refractivity contribution in [2.24, 2.45) is 16.7 Å². The minimum Gasteiger partial charge on any atom is -0.131 e. The number of hydrogen-bond donors (Lipinski definition) is 0. The van der Waals surface area contributed by atoms with Gasteiger partial charge in [0.2, 0.25) is 0 Å². The first-order valence-electron chi connectivity index (χ1n) is 17.1. The van der Waals surface area contributed by atoms with E-state index in [1.807, 2.05) is 41.5 Å². The molecule has 0 spiro atoms. The van der Waals surface area contributed by atoms with Gasteiger partial charge >= 0.3 is 0 Å². The molecule has 2 aromatic carbocycles. The highest BCUT2D eigenvalue weighted by Crippen LogP contribution is 2.40. The Kier molecular flexibility index (Phi) is 12.4. The van der Waals surface area contributed by atoms with E-state index >= 15 is 0 Å². The van der Waals surface area contributed by atoms with E-state index in [0.29, 0.717) is 28.9 Å². The Hall–Kier alpha value is -3.50. The molecule has 4 nitrogen and oxygen atoms in total. The molecule has 0 aliphatic heterocycles. The van der Waals surface area contributed by atoms with E-state index in [9.17, 15) is 0 Å². The summed E-state index contributed by atoms with van der Waals surface area (Å²) in [5, 5.41) is 16.4. The number of benzene rings is 2. The third kappa shape index (κ3) is 11.1. The molecule has 3 aromatic rings. The average molecular weight is 619 g/mol. The van der Waals surface area contributed by atoms with Gasteiger partial charge in [0.05, 0.1) is 0 Å². The van der Waals surface area contributed by atoms with Gasteiger partial charge in [0.1, 0.15) is 0 Å². The summed E-state index contributed by atoms with van der Waals surface area (Å²) >= 11 is 0. The zero-order valence-corrected chi connectivity index (χ0v) is 30.8. The van der Waals surface area contributed by atoms with Crippen molar-refractivity contribution >= 4 is 0 Å². The molecule has 46 heavy (non-hydrogen) atoms. The molecule has 0 bridgehead atoms. The Labute approximate surface area is 281 Å². The Bertz CT molecular complexity index is 1500. The number of hydrogen-bond acceptors (Lipinski definition) is 4. The van der Waals surface area contributed by atoms with E-state index in [-0.39, 0.29) is 16.2 Å². The fraction of sp³-hybridized carbons (Fsp3) is 0.571. The van der Waals surface area contributed by atoms with Gasteiger partial charge < -0.3 is 0 Å². The van der Waals surface area contributed by atoms with Crippen molar-refractivity contribution in [2.45, 2.75) is 138 Å². The van der Waals surface area contributed by atoms with Gasteiger partial charge in [0, 0.05) is 34.3 Å². The molecule has 5 rings (SSSR count). The molecule has 4 heteroatoms. The molecule has 2 aliphatic carbocycles. The van der Waals surface area contributed by atoms with E-state index in [2.05, 4.69) is 134 Å². The van der Waals surface area contributed by atoms with Crippen molar-refractivity contribution in [3.63, 3.8) is 0 Å². The standard InChI is InChI=1S/C20H20.C12H20.C10H18N4/c1-20(2,3)19-14-17-10-5-4-8-15(17)12-13-16-9-6-7-11-18(16)19;1-12(2,3)11-9-7-5-4-6-8-10-11;1-9(2,3)7-11-13-8(14-12-7)10(4,5)6/h4-11,19H,14H2,1-3H3;11H,4-7,9H2,1-3H3;1-6H3. The molecule has 0 fully saturated rings. The molecule has 0 radical (unpaired) electrons. The summed E-state index contributed by atoms with van der Waals surface area (Å²) in [5.41, 5.74) is 5.55. The van der Waals surface area contributed by atoms with Crippen LogP contribution in [0.15, 0.2) is 48.5 Å². The molecule has 0 N–H and O–H groups in total. The maximum atomic E-state index is 4.09. The number of aromatic nitrogens is 4. The van der Waals surface area contributed by atoms with Gasteiger partial charge in [-0.3, -0.25) is 0 Å². The van der Waals surface area contributed by atoms with Crippen molar-refractivity contribution in [2.75, 3.05) is 0 Å². The third-order valence-corrected chi connectivity index (χ3v) is 8.59. The van der Waals surface area contributed by atoms with Gasteiger partial charge in [-0.05, 0) is 59.3 Å². The molecule has 2 atom stereocenters. The lowest BCUT2D eigenvalue weighted by Crippen LogP contribution is -2.23. The van der Waals surface area contributed by atoms with E-state index in [4.69, 9.17) is 0 Å². The van der Waals surface area contributed by atoms with E-state index < -0.39 is 0 Å². The van der Waals surface area contributed by atoms with Crippen LogP contribution in [0.5, 0.6) is 0 Å². The lowest BCUT2D eigenvalue weighted by molar-refractivity contribution is 0.279. The molecule has 246 valence electrons. The van der Waals surface area contributed by atoms with Crippen LogP contribution >= 0.6 is 0 Å². The van der Waals surface area contributed by atoms with Crippen LogP contribution < -0.4 is 0 Å². The molecule has 1 heterocycles. The fourth-order valence-electron chi connectivity index (χ4n) is 5.46. The van der Waals surface area contributed by atoms with Crippen LogP contribution in [0.25, 0.3) is 0 Å². The van der Waals surface area contributed by atoms with Crippen molar-refractivity contribution in [3.05, 3.63) is 82.4 Å². The van der Waals surface area contributed by atoms with Crippen LogP contribution in [0.3, 0.4) is 0 Å². The van der Waals surface area contributed by atoms with Crippen LogP contribution in [-0.2, 0) is 17.3 Å². The minimum absolute atomic E-state index is 0.0869. The predicted octanol–water partition coefficient (Wildman–Crippen LogP) is 10.2. The highest BCUT2D eigenvalue weighted by molar-refractivity contribution is 5.53. The molecule has 0 saturated heterocycles. The van der Waals surface area contributed by atoms with E-state index in [1.54, 1.807) is 0 Å². The second-order valence-corrected chi connectivity index (χ2v) is 17.0. The normalized spacial score (nSPS) is 17.9. The van der Waals surface area contributed by atoms with Crippen molar-refractivity contribution < 1.29 is 0 Å². The summed E-state index contributed by atoms with van der Waals surface area (Å²) in [6.45, 7) is 26.1. The van der Waals surface area contributed by atoms with Crippen LogP contribution in [-0.4, -0.2) is 20.4 Å². The zero-order valence-electron chi connectivity index (χ0n) is 30.8. The second-order valence-electron chi connectivity index (χ2n) is 17.0. The summed E-state index contributed by atoms with van der Waals surface area (Å²) in [5.74, 6) is 15.9. The second kappa shape index (κ2) is 15.4. The van der Waals surface area contributed by atoms with Crippen LogP contribution in [0, 0.1) is 40.4 Å². The molecule has 2 unspecified atom stereocenters. The lowest BCUT2D eigenvalue weighted by atomic mass is 9.71. The lowest BCUT2D eigenvalue weighted by Gasteiger charge is -2.33. The number of rotatable bonds is 0. The van der Waals surface area contributed by atoms with Crippen molar-refractivity contribution in [1.82, 2.24) is 20.4 Å². The molecule has 0 amide bonds. The topological polar surface area (TPSA) is 51.6 Å². The maximum Gasteiger partial charge on any atom is 0.178 e. The van der Waals surface area contributed by atoms with E-state index in [1.165, 1.54) is 47.9 Å². The Balaban J connectivity index is 0.000000196. The highest BCUT2D eigenvalue weighted by Gasteiger charge is 2.29. The van der Waals surface area contributed by atoms with Gasteiger partial charge in [-0.2, -0.15) is 0 Å². The first-order chi connectivity index (χ1) is 21.4. The van der Waals surface area contributed by atoms with Crippen molar-refractivity contribution in [3.8, 4) is 23.7 Å². The van der Waals surface area contributed by atoms with Gasteiger partial charge in [-0.1, -0.05) is 150 Å². The van der Waals surface area contributed by atoms with Gasteiger partial charge in [-0.15, -0.1) is 26.3 Å². The summed E-state index contributed by atoms with van der Waals surface area (Å²) in [7, 11) is 0. The molecular formula is C42H58N4. The quantitative estimate of drug-likeness (QED) is 0.235. The monoisotopic (exact) mass is 618 g/mol. The first-order valence-corrected chi connectivity index (χ1v) is 17.1. The van der Waals surface area contributed by atoms with E-state index in [0.717, 1.165) is 12.8 Å². The summed E-state index contributed by atoms with van der Waals surface area (Å²) in [6.07, 6.45) is 7.54. The van der Waals surface area contributed by atoms with Crippen LogP contribution in [0.2, 0.25) is 0 Å². The third-order valence-electron chi connectivity index (χ3n) is 8.59. The fourth-order valence-corrected chi connectivity index (χ4v) is 5.46. The Morgan fingerprint density at radius 2 is 1.11 bits per heavy atom. The molecule has 0 saturated carbocycles. The maximum absolute atomic E-state index is 4.09. The summed E-state index contributed by atoms with van der Waals surface area (Å²) < 4.78 is 0. The smallest absolute Gasteiger partial charge is 0.131 e. The van der Waals surface area contributed by atoms with Gasteiger partial charge in [-0.25, -0.2) is 0 Å². The predicted molar refractivity (Wildman–Crippen MR) is 194 cm³/mol. The van der Waals surface area contributed by atoms with Gasteiger partial charge in [0.25, 0.3) is 0 Å². The summed E-state index contributed by atoms with van der Waals surface area (Å²) in [4.78, 5) is 0. The number of nitrogens with zero attached hydrogens (tertiary/aromatic N) is 4. The first kappa shape index (κ1) is 37.0. The summed E-state index contributed by atoms with van der Waals surface area (Å²) in [6, 6.07) is 17.2. The number of fused-ring (bicyclic) bond motifs is 2. The Morgan fingerprint density at radius 1 is 0.587 bits per heavy atom. The van der Waals surface area contributed by atoms with Crippen LogP contribution in [0.1, 0.15) is 155 Å². The molecular weight excluding hydrogens is 560 g/mol. The van der Waals surface area contributed by atoms with Crippen LogP contribution in [0.4, 0.5) is 0 Å².